The van der Waals surface area contributed by atoms with Gasteiger partial charge in [-0.15, -0.1) is 4.73 Å². The summed E-state index contributed by atoms with van der Waals surface area (Å²) in [7, 11) is -3.81. The number of hydrogen-bond donors (Lipinski definition) is 2. The predicted molar refractivity (Wildman–Crippen MR) is 129 cm³/mol. The fourth-order valence-corrected chi connectivity index (χ4v) is 2.96. The van der Waals surface area contributed by atoms with E-state index in [-0.39, 0.29) is 0 Å². The van der Waals surface area contributed by atoms with Crippen LogP contribution in [0.25, 0.3) is 16.7 Å². The molecule has 0 saturated carbocycles. The van der Waals surface area contributed by atoms with Crippen molar-refractivity contribution in [3.63, 3.8) is 0 Å². The number of nitrogens with zero attached hydrogens (tertiary/aromatic N) is 6. The number of halogens is 2. The number of nitrogens with one attached hydrogen (secondary N) is 1. The molecule has 10 nitrogen and oxygen atoms in total. The maximum Gasteiger partial charge on any atom is 0.358 e. The van der Waals surface area contributed by atoms with Crippen molar-refractivity contribution < 1.29 is 18.7 Å². The Hall–Kier alpha value is -3.24. The fraction of sp³-hybridized carbons (Fsp3) is 0.190. The van der Waals surface area contributed by atoms with Crippen molar-refractivity contribution in [2.24, 2.45) is 5.10 Å². The molecule has 0 bridgehead atoms. The minimum absolute atomic E-state index is 0.620. The van der Waals surface area contributed by atoms with E-state index in [0.29, 0.717) is 10.8 Å². The summed E-state index contributed by atoms with van der Waals surface area (Å²) in [5.74, 6) is 1.44. The summed E-state index contributed by atoms with van der Waals surface area (Å²) in [4.78, 5) is 25.1. The molecule has 34 heavy (non-hydrogen) atoms. The van der Waals surface area contributed by atoms with Crippen molar-refractivity contribution in [1.29, 1.82) is 0 Å². The van der Waals surface area contributed by atoms with Gasteiger partial charge in [0.2, 0.25) is 0 Å². The molecule has 4 aromatic rings. The van der Waals surface area contributed by atoms with Crippen molar-refractivity contribution in [3.05, 3.63) is 71.2 Å². The monoisotopic (exact) mass is 505 g/mol. The minimum atomic E-state index is -3.81. The van der Waals surface area contributed by atoms with E-state index in [9.17, 15) is 9.09 Å². The van der Waals surface area contributed by atoms with E-state index in [0.717, 1.165) is 46.0 Å². The van der Waals surface area contributed by atoms with Crippen molar-refractivity contribution in [1.82, 2.24) is 24.5 Å². The zero-order chi connectivity index (χ0) is 24.9. The molecule has 1 unspecified atom stereocenters. The normalized spacial score (nSPS) is 13.2. The molecule has 0 saturated heterocycles. The van der Waals surface area contributed by atoms with Crippen molar-refractivity contribution in [3.8, 4) is 5.82 Å². The molecule has 1 atom stereocenters. The van der Waals surface area contributed by atoms with E-state index in [1.54, 1.807) is 24.7 Å². The molecule has 0 aliphatic heterocycles. The molecule has 2 N–H and O–H groups in total. The zero-order valence-electron chi connectivity index (χ0n) is 18.8. The topological polar surface area (TPSA) is 127 Å². The van der Waals surface area contributed by atoms with E-state index >= 15 is 0 Å². The van der Waals surface area contributed by atoms with E-state index in [1.807, 2.05) is 43.5 Å². The molecular weight excluding hydrogens is 484 g/mol. The first-order valence-electron chi connectivity index (χ1n) is 9.87. The van der Waals surface area contributed by atoms with Crippen molar-refractivity contribution in [2.75, 3.05) is 12.1 Å². The second-order valence-corrected chi connectivity index (χ2v) is 9.44. The van der Waals surface area contributed by atoms with Crippen molar-refractivity contribution in [2.45, 2.75) is 20.8 Å². The number of anilines is 1. The third kappa shape index (κ3) is 6.42. The van der Waals surface area contributed by atoms with Gasteiger partial charge in [-0.25, -0.2) is 19.9 Å². The molecule has 13 heteroatoms. The van der Waals surface area contributed by atoms with Gasteiger partial charge in [0.15, 0.2) is 5.82 Å². The maximum absolute atomic E-state index is 10.5. The summed E-state index contributed by atoms with van der Waals surface area (Å²) in [6.45, 7) is 6.67. The van der Waals surface area contributed by atoms with Gasteiger partial charge >= 0.3 is 7.60 Å². The first kappa shape index (κ1) is 25.4. The number of pyridine rings is 1. The number of benzene rings is 1. The summed E-state index contributed by atoms with van der Waals surface area (Å²) >= 11 is 6.03. The minimum Gasteiger partial charge on any atom is -0.323 e. The Morgan fingerprint density at radius 3 is 2.53 bits per heavy atom. The van der Waals surface area contributed by atoms with Gasteiger partial charge in [0, 0.05) is 34.5 Å². The van der Waals surface area contributed by atoms with Crippen LogP contribution in [-0.4, -0.2) is 41.8 Å². The van der Waals surface area contributed by atoms with Crippen LogP contribution in [-0.2, 0) is 9.29 Å². The second kappa shape index (κ2) is 10.8. The third-order valence-corrected chi connectivity index (χ3v) is 5.21. The number of hydrazone groups is 1. The highest BCUT2D eigenvalue weighted by Gasteiger charge is 2.08. The van der Waals surface area contributed by atoms with Gasteiger partial charge in [0.05, 0.1) is 16.9 Å². The van der Waals surface area contributed by atoms with E-state index in [4.69, 9.17) is 16.5 Å². The largest absolute Gasteiger partial charge is 0.358 e. The molecule has 178 valence electrons. The molecule has 0 radical (unpaired) electrons. The van der Waals surface area contributed by atoms with Crippen LogP contribution in [0.4, 0.5) is 10.3 Å². The summed E-state index contributed by atoms with van der Waals surface area (Å²) in [5.41, 5.74) is 7.54. The Bertz CT molecular complexity index is 1370. The molecule has 0 aliphatic carbocycles. The first-order chi connectivity index (χ1) is 16.1. The number of aromatic nitrogens is 5. The summed E-state index contributed by atoms with van der Waals surface area (Å²) in [6, 6.07) is 9.40. The van der Waals surface area contributed by atoms with Gasteiger partial charge in [0.1, 0.15) is 18.5 Å². The molecule has 0 aliphatic rings. The van der Waals surface area contributed by atoms with Crippen LogP contribution in [0.1, 0.15) is 23.9 Å². The zero-order valence-corrected chi connectivity index (χ0v) is 20.4. The molecule has 0 spiro atoms. The lowest BCUT2D eigenvalue weighted by Gasteiger charge is -2.07. The summed E-state index contributed by atoms with van der Waals surface area (Å²) in [5, 5.41) is 5.93. The van der Waals surface area contributed by atoms with Crippen LogP contribution in [0.15, 0.2) is 54.3 Å². The lowest BCUT2D eigenvalue weighted by molar-refractivity contribution is -0.0170. The van der Waals surface area contributed by atoms with E-state index < -0.39 is 7.60 Å². The maximum atomic E-state index is 10.5. The summed E-state index contributed by atoms with van der Waals surface area (Å²) in [6.07, 6.45) is 5.06. The molecule has 1 aromatic carbocycles. The second-order valence-electron chi connectivity index (χ2n) is 7.26. The van der Waals surface area contributed by atoms with E-state index in [2.05, 4.69) is 35.2 Å². The molecule has 4 rings (SSSR count). The molecule has 0 fully saturated rings. The summed E-state index contributed by atoms with van der Waals surface area (Å²) < 4.78 is 24.5. The Balaban J connectivity index is 0.000000481. The van der Waals surface area contributed by atoms with Crippen LogP contribution in [0, 0.1) is 13.8 Å². The third-order valence-electron chi connectivity index (χ3n) is 4.72. The number of aryl methyl sites for hydroxylation is 1. The highest BCUT2D eigenvalue weighted by Crippen LogP contribution is 2.36. The average Bonchev–Trinajstić information content (AvgIpc) is 3.15. The predicted octanol–water partition coefficient (Wildman–Crippen LogP) is 5.02. The first-order valence-corrected chi connectivity index (χ1v) is 12.3. The standard InChI is InChI=1S/C20H18ClN7.CH4FO3P/c1-12-14(3)28(11-25-12)19-7-4-15(9-22-19)13(2)26-27-20-17-6-5-16(21)8-18(17)23-10-24-20;1-6(3,4)5-2/h4-11H,1-3H3,(H,23,24,27);1H3,(H,3,4)/b26-13+;. The van der Waals surface area contributed by atoms with Gasteiger partial charge in [-0.05, 0) is 55.6 Å². The van der Waals surface area contributed by atoms with Gasteiger partial charge < -0.3 is 4.89 Å². The van der Waals surface area contributed by atoms with Crippen LogP contribution >= 0.6 is 19.2 Å². The molecule has 0 amide bonds. The Labute approximate surface area is 200 Å². The molecule has 3 aromatic heterocycles. The SMILES string of the molecule is C/C(=N\Nc1ncnc2cc(Cl)ccc12)c1ccc(-n2cnc(C)c2C)nc1.CP(=O)(O)OF. The number of fused-ring (bicyclic) bond motifs is 1. The Morgan fingerprint density at radius 2 is 1.94 bits per heavy atom. The quantitative estimate of drug-likeness (QED) is 0.220. The highest BCUT2D eigenvalue weighted by molar-refractivity contribution is 7.51. The van der Waals surface area contributed by atoms with Gasteiger partial charge in [0.25, 0.3) is 0 Å². The fourth-order valence-electron chi connectivity index (χ4n) is 2.79. The smallest absolute Gasteiger partial charge is 0.323 e. The van der Waals surface area contributed by atoms with Crippen LogP contribution in [0.2, 0.25) is 5.02 Å². The van der Waals surface area contributed by atoms with Crippen LogP contribution < -0.4 is 5.43 Å². The van der Waals surface area contributed by atoms with Gasteiger partial charge in [-0.3, -0.25) is 14.6 Å². The van der Waals surface area contributed by atoms with Crippen LogP contribution in [0.5, 0.6) is 0 Å². The van der Waals surface area contributed by atoms with Gasteiger partial charge in [-0.2, -0.15) is 5.10 Å². The average molecular weight is 506 g/mol. The Kier molecular flexibility index (Phi) is 8.06. The molecular formula is C21H22ClFN7O3P. The molecule has 3 heterocycles. The van der Waals surface area contributed by atoms with Crippen LogP contribution in [0.3, 0.4) is 0 Å². The van der Waals surface area contributed by atoms with Crippen molar-refractivity contribution >= 4 is 41.6 Å². The highest BCUT2D eigenvalue weighted by atomic mass is 35.5. The Morgan fingerprint density at radius 1 is 1.21 bits per heavy atom. The lowest BCUT2D eigenvalue weighted by atomic mass is 10.2. The van der Waals surface area contributed by atoms with E-state index in [1.165, 1.54) is 6.33 Å². The number of imidazole rings is 1. The van der Waals surface area contributed by atoms with Gasteiger partial charge in [-0.1, -0.05) is 11.6 Å². The number of rotatable bonds is 5. The number of hydrogen-bond acceptors (Lipinski definition) is 8. The lowest BCUT2D eigenvalue weighted by Crippen LogP contribution is -2.04.